The molecule has 162 valence electrons. The average Bonchev–Trinajstić information content (AvgIpc) is 3.14. The first-order valence-electron chi connectivity index (χ1n) is 10.6. The summed E-state index contributed by atoms with van der Waals surface area (Å²) < 4.78 is 32.0. The van der Waals surface area contributed by atoms with E-state index in [1.165, 1.54) is 12.8 Å². The van der Waals surface area contributed by atoms with Crippen molar-refractivity contribution in [2.24, 2.45) is 17.8 Å². The molecule has 0 spiro atoms. The van der Waals surface area contributed by atoms with Crippen molar-refractivity contribution in [3.63, 3.8) is 0 Å². The van der Waals surface area contributed by atoms with Crippen LogP contribution in [0.3, 0.4) is 0 Å². The van der Waals surface area contributed by atoms with Gasteiger partial charge in [-0.1, -0.05) is 18.6 Å². The Hall–Kier alpha value is -1.95. The number of hydrogen-bond acceptors (Lipinski definition) is 3. The number of hydrogen-bond donors (Lipinski definition) is 2. The van der Waals surface area contributed by atoms with Crippen LogP contribution in [0.15, 0.2) is 30.4 Å². The van der Waals surface area contributed by atoms with Gasteiger partial charge in [0.1, 0.15) is 5.82 Å². The van der Waals surface area contributed by atoms with Crippen molar-refractivity contribution < 1.29 is 28.5 Å². The maximum absolute atomic E-state index is 13.5. The normalized spacial score (nSPS) is 20.2. The van der Waals surface area contributed by atoms with E-state index in [0.717, 1.165) is 43.9 Å². The molecular weight excluding hydrogens is 378 g/mol. The second-order valence-electron chi connectivity index (χ2n) is 7.91. The van der Waals surface area contributed by atoms with Crippen LogP contribution < -0.4 is 4.74 Å². The minimum absolute atomic E-state index is 0.0601. The summed E-state index contributed by atoms with van der Waals surface area (Å²) in [6, 6.07) is 3.18. The molecule has 1 aromatic rings. The van der Waals surface area contributed by atoms with Crippen LogP contribution in [0.5, 0.6) is 5.75 Å². The summed E-state index contributed by atoms with van der Waals surface area (Å²) >= 11 is 0. The summed E-state index contributed by atoms with van der Waals surface area (Å²) in [5, 5.41) is 18.3. The number of benzene rings is 1. The zero-order valence-electron chi connectivity index (χ0n) is 16.9. The molecule has 1 fully saturated rings. The third kappa shape index (κ3) is 8.52. The monoisotopic (exact) mass is 410 g/mol. The van der Waals surface area contributed by atoms with E-state index in [1.54, 1.807) is 0 Å². The van der Waals surface area contributed by atoms with Crippen LogP contribution in [0.2, 0.25) is 0 Å². The lowest BCUT2D eigenvalue weighted by atomic mass is 9.86. The fourth-order valence-corrected chi connectivity index (χ4v) is 4.09. The molecule has 0 radical (unpaired) electrons. The fourth-order valence-electron chi connectivity index (χ4n) is 4.09. The third-order valence-corrected chi connectivity index (χ3v) is 5.74. The largest absolute Gasteiger partial charge is 0.490 e. The Morgan fingerprint density at radius 3 is 2.86 bits per heavy atom. The van der Waals surface area contributed by atoms with Gasteiger partial charge in [-0.25, -0.2) is 8.78 Å². The maximum Gasteiger partial charge on any atom is 0.303 e. The molecule has 1 saturated carbocycles. The lowest BCUT2D eigenvalue weighted by molar-refractivity contribution is -0.137. The summed E-state index contributed by atoms with van der Waals surface area (Å²) in [7, 11) is 0. The molecule has 0 amide bonds. The number of halogens is 2. The van der Waals surface area contributed by atoms with E-state index in [1.807, 2.05) is 0 Å². The lowest BCUT2D eigenvalue weighted by Gasteiger charge is -2.20. The molecule has 1 aliphatic rings. The van der Waals surface area contributed by atoms with Crippen molar-refractivity contribution in [3.05, 3.63) is 42.0 Å². The first kappa shape index (κ1) is 23.3. The smallest absolute Gasteiger partial charge is 0.303 e. The number of carboxylic acids is 1. The van der Waals surface area contributed by atoms with Gasteiger partial charge in [0.15, 0.2) is 11.6 Å². The Morgan fingerprint density at radius 1 is 1.28 bits per heavy atom. The molecule has 0 saturated heterocycles. The zero-order valence-corrected chi connectivity index (χ0v) is 16.9. The van der Waals surface area contributed by atoms with E-state index in [4.69, 9.17) is 9.84 Å². The molecule has 2 N–H and O–H groups in total. The van der Waals surface area contributed by atoms with Gasteiger partial charge in [-0.2, -0.15) is 0 Å². The van der Waals surface area contributed by atoms with Gasteiger partial charge in [-0.15, -0.1) is 0 Å². The van der Waals surface area contributed by atoms with Gasteiger partial charge >= 0.3 is 5.97 Å². The van der Waals surface area contributed by atoms with Gasteiger partial charge in [0, 0.05) is 19.1 Å². The van der Waals surface area contributed by atoms with Gasteiger partial charge in [-0.05, 0) is 74.8 Å². The number of ether oxygens (including phenoxy) is 1. The fraction of sp³-hybridized carbons (Fsp3) is 0.609. The van der Waals surface area contributed by atoms with Crippen LogP contribution in [-0.2, 0) is 4.79 Å². The van der Waals surface area contributed by atoms with Crippen LogP contribution >= 0.6 is 0 Å². The van der Waals surface area contributed by atoms with Crippen LogP contribution in [0, 0.1) is 29.4 Å². The lowest BCUT2D eigenvalue weighted by Crippen LogP contribution is -2.12. The summed E-state index contributed by atoms with van der Waals surface area (Å²) in [5.74, 6) is -0.667. The molecule has 2 rings (SSSR count). The topological polar surface area (TPSA) is 66.8 Å². The molecule has 1 aliphatic carbocycles. The van der Waals surface area contributed by atoms with E-state index in [0.29, 0.717) is 31.3 Å². The van der Waals surface area contributed by atoms with Crippen LogP contribution in [-0.4, -0.2) is 29.4 Å². The first-order chi connectivity index (χ1) is 14.0. The van der Waals surface area contributed by atoms with E-state index in [2.05, 4.69) is 12.2 Å². The highest BCUT2D eigenvalue weighted by Crippen LogP contribution is 2.37. The Bertz CT molecular complexity index is 662. The Balaban J connectivity index is 1.69. The first-order valence-corrected chi connectivity index (χ1v) is 10.6. The standard InChI is InChI=1S/C23H32F2O4/c24-20-12-13-21(25)22(15-20)29-14-2-1-6-18-7-4-8-19(18)11-10-17(16-26)5-3-9-23(27)28/h1,6,12-13,15,17-19,26H,2-5,7-11,14,16H2,(H,27,28)/b6-1+/t17-,18-,19+/m0/s1. The summed E-state index contributed by atoms with van der Waals surface area (Å²) in [6.07, 6.45) is 11.9. The summed E-state index contributed by atoms with van der Waals surface area (Å²) in [6.45, 7) is 0.408. The minimum atomic E-state index is -0.785. The van der Waals surface area contributed by atoms with E-state index < -0.39 is 17.6 Å². The second kappa shape index (κ2) is 12.6. The number of carboxylic acid groups (broad SMARTS) is 1. The number of carbonyl (C=O) groups is 1. The van der Waals surface area contributed by atoms with Crippen molar-refractivity contribution in [1.29, 1.82) is 0 Å². The molecule has 0 aliphatic heterocycles. The van der Waals surface area contributed by atoms with Crippen molar-refractivity contribution in [3.8, 4) is 5.75 Å². The minimum Gasteiger partial charge on any atom is -0.490 e. The molecule has 3 atom stereocenters. The third-order valence-electron chi connectivity index (χ3n) is 5.74. The average molecular weight is 411 g/mol. The number of rotatable bonds is 13. The van der Waals surface area contributed by atoms with E-state index in [-0.39, 0.29) is 24.7 Å². The highest BCUT2D eigenvalue weighted by atomic mass is 19.1. The Kier molecular flexibility index (Phi) is 10.1. The molecule has 6 heteroatoms. The molecule has 1 aromatic carbocycles. The maximum atomic E-state index is 13.5. The quantitative estimate of drug-likeness (QED) is 0.340. The highest BCUT2D eigenvalue weighted by Gasteiger charge is 2.25. The predicted molar refractivity (Wildman–Crippen MR) is 108 cm³/mol. The molecule has 29 heavy (non-hydrogen) atoms. The van der Waals surface area contributed by atoms with Crippen molar-refractivity contribution in [1.82, 2.24) is 0 Å². The second-order valence-corrected chi connectivity index (χ2v) is 7.91. The molecule has 0 heterocycles. The van der Waals surface area contributed by atoms with Gasteiger partial charge < -0.3 is 14.9 Å². The highest BCUT2D eigenvalue weighted by molar-refractivity contribution is 5.66. The van der Waals surface area contributed by atoms with Gasteiger partial charge in [0.05, 0.1) is 6.61 Å². The number of aliphatic hydroxyl groups is 1. The number of aliphatic carboxylic acids is 1. The molecule has 0 unspecified atom stereocenters. The number of allylic oxidation sites excluding steroid dienone is 1. The van der Waals surface area contributed by atoms with E-state index >= 15 is 0 Å². The Morgan fingerprint density at radius 2 is 2.10 bits per heavy atom. The molecule has 4 nitrogen and oxygen atoms in total. The van der Waals surface area contributed by atoms with Crippen LogP contribution in [0.4, 0.5) is 8.78 Å². The zero-order chi connectivity index (χ0) is 21.1. The molecule has 0 bridgehead atoms. The SMILES string of the molecule is O=C(O)CCC[C@H](CO)CC[C@H]1CCC[C@@H]1/C=C/CCOc1cc(F)ccc1F. The molecular formula is C23H32F2O4. The van der Waals surface area contributed by atoms with Crippen molar-refractivity contribution in [2.75, 3.05) is 13.2 Å². The summed E-state index contributed by atoms with van der Waals surface area (Å²) in [5.41, 5.74) is 0. The summed E-state index contributed by atoms with van der Waals surface area (Å²) in [4.78, 5) is 10.6. The van der Waals surface area contributed by atoms with Gasteiger partial charge in [-0.3, -0.25) is 4.79 Å². The van der Waals surface area contributed by atoms with E-state index in [9.17, 15) is 18.7 Å². The van der Waals surface area contributed by atoms with Crippen molar-refractivity contribution in [2.45, 2.75) is 57.8 Å². The Labute approximate surface area is 171 Å². The number of aliphatic hydroxyl groups excluding tert-OH is 1. The van der Waals surface area contributed by atoms with Gasteiger partial charge in [0.2, 0.25) is 0 Å². The van der Waals surface area contributed by atoms with Crippen LogP contribution in [0.1, 0.15) is 57.8 Å². The van der Waals surface area contributed by atoms with Crippen LogP contribution in [0.25, 0.3) is 0 Å². The van der Waals surface area contributed by atoms with Gasteiger partial charge in [0.25, 0.3) is 0 Å². The molecule has 0 aromatic heterocycles. The van der Waals surface area contributed by atoms with Crippen molar-refractivity contribution >= 4 is 5.97 Å². The predicted octanol–water partition coefficient (Wildman–Crippen LogP) is 5.35.